The molecule has 0 aliphatic heterocycles. The third-order valence-electron chi connectivity index (χ3n) is 2.68. The molecule has 0 spiro atoms. The summed E-state index contributed by atoms with van der Waals surface area (Å²) in [6.07, 6.45) is 1.53. The number of aliphatic imine (C=N–C) groups is 1. The Labute approximate surface area is 106 Å². The van der Waals surface area contributed by atoms with E-state index in [1.807, 2.05) is 6.92 Å². The van der Waals surface area contributed by atoms with Crippen molar-refractivity contribution < 1.29 is 19.0 Å². The lowest BCUT2D eigenvalue weighted by Gasteiger charge is -2.18. The molecule has 0 bridgehead atoms. The van der Waals surface area contributed by atoms with Gasteiger partial charge >= 0.3 is 0 Å². The van der Waals surface area contributed by atoms with Crippen LogP contribution in [-0.2, 0) is 4.79 Å². The molecular formula is C13H17NO4. The van der Waals surface area contributed by atoms with Crippen molar-refractivity contribution in [2.45, 2.75) is 12.8 Å². The summed E-state index contributed by atoms with van der Waals surface area (Å²) in [5.74, 6) is 1.94. The SMILES string of the molecule is COc1cc(OC)c(C(C)CN=C=O)c(OC)c1. The topological polar surface area (TPSA) is 57.1 Å². The molecular weight excluding hydrogens is 234 g/mol. The molecule has 0 N–H and O–H groups in total. The molecule has 0 fully saturated rings. The van der Waals surface area contributed by atoms with Gasteiger partial charge in [-0.1, -0.05) is 6.92 Å². The van der Waals surface area contributed by atoms with Crippen LogP contribution in [0, 0.1) is 0 Å². The minimum atomic E-state index is -0.0118. The largest absolute Gasteiger partial charge is 0.496 e. The van der Waals surface area contributed by atoms with Crippen LogP contribution in [0.3, 0.4) is 0 Å². The number of nitrogens with zero attached hydrogens (tertiary/aromatic N) is 1. The predicted molar refractivity (Wildman–Crippen MR) is 67.5 cm³/mol. The van der Waals surface area contributed by atoms with Crippen LogP contribution in [0.4, 0.5) is 0 Å². The molecule has 1 aromatic carbocycles. The van der Waals surface area contributed by atoms with E-state index in [2.05, 4.69) is 4.99 Å². The molecule has 0 aliphatic rings. The van der Waals surface area contributed by atoms with E-state index in [4.69, 9.17) is 14.2 Å². The summed E-state index contributed by atoms with van der Waals surface area (Å²) in [5.41, 5.74) is 0.861. The third kappa shape index (κ3) is 3.02. The van der Waals surface area contributed by atoms with Crippen LogP contribution < -0.4 is 14.2 Å². The molecule has 0 amide bonds. The molecule has 1 atom stereocenters. The molecule has 1 rings (SSSR count). The summed E-state index contributed by atoms with van der Waals surface area (Å²) >= 11 is 0. The van der Waals surface area contributed by atoms with Gasteiger partial charge in [0.2, 0.25) is 6.08 Å². The average Bonchev–Trinajstić information content (AvgIpc) is 2.42. The smallest absolute Gasteiger partial charge is 0.234 e. The lowest BCUT2D eigenvalue weighted by molar-refractivity contribution is 0.365. The molecule has 0 saturated carbocycles. The van der Waals surface area contributed by atoms with E-state index < -0.39 is 0 Å². The Balaban J connectivity index is 3.25. The fraction of sp³-hybridized carbons (Fsp3) is 0.462. The molecule has 1 unspecified atom stereocenters. The van der Waals surface area contributed by atoms with Gasteiger partial charge in [0.15, 0.2) is 0 Å². The lowest BCUT2D eigenvalue weighted by Crippen LogP contribution is -2.04. The molecule has 98 valence electrons. The van der Waals surface area contributed by atoms with Gasteiger partial charge in [0.1, 0.15) is 17.2 Å². The fourth-order valence-corrected chi connectivity index (χ4v) is 1.78. The highest BCUT2D eigenvalue weighted by Gasteiger charge is 2.18. The maximum Gasteiger partial charge on any atom is 0.234 e. The number of rotatable bonds is 6. The van der Waals surface area contributed by atoms with Gasteiger partial charge in [-0.15, -0.1) is 0 Å². The standard InChI is InChI=1S/C13H17NO4/c1-9(7-14-8-15)13-11(17-3)5-10(16-2)6-12(13)18-4/h5-6,9H,7H2,1-4H3. The van der Waals surface area contributed by atoms with Crippen molar-refractivity contribution in [3.63, 3.8) is 0 Å². The number of isocyanates is 1. The van der Waals surface area contributed by atoms with Crippen LogP contribution in [0.5, 0.6) is 17.2 Å². The summed E-state index contributed by atoms with van der Waals surface area (Å²) in [7, 11) is 4.73. The van der Waals surface area contributed by atoms with Crippen LogP contribution in [0.1, 0.15) is 18.4 Å². The Morgan fingerprint density at radius 2 is 1.72 bits per heavy atom. The van der Waals surface area contributed by atoms with E-state index in [0.29, 0.717) is 23.8 Å². The molecule has 0 aliphatic carbocycles. The van der Waals surface area contributed by atoms with Gasteiger partial charge in [-0.25, -0.2) is 9.79 Å². The van der Waals surface area contributed by atoms with Crippen LogP contribution in [-0.4, -0.2) is 34.0 Å². The molecule has 18 heavy (non-hydrogen) atoms. The number of hydrogen-bond acceptors (Lipinski definition) is 5. The Morgan fingerprint density at radius 3 is 2.11 bits per heavy atom. The van der Waals surface area contributed by atoms with E-state index in [1.165, 1.54) is 6.08 Å². The summed E-state index contributed by atoms with van der Waals surface area (Å²) in [6.45, 7) is 2.27. The van der Waals surface area contributed by atoms with E-state index in [0.717, 1.165) is 5.56 Å². The highest BCUT2D eigenvalue weighted by atomic mass is 16.5. The molecule has 0 radical (unpaired) electrons. The van der Waals surface area contributed by atoms with Crippen molar-refractivity contribution in [3.05, 3.63) is 17.7 Å². The number of ether oxygens (including phenoxy) is 3. The van der Waals surface area contributed by atoms with Gasteiger partial charge < -0.3 is 14.2 Å². The van der Waals surface area contributed by atoms with Crippen LogP contribution in [0.2, 0.25) is 0 Å². The zero-order chi connectivity index (χ0) is 13.5. The van der Waals surface area contributed by atoms with E-state index in [-0.39, 0.29) is 5.92 Å². The third-order valence-corrected chi connectivity index (χ3v) is 2.68. The van der Waals surface area contributed by atoms with Crippen molar-refractivity contribution in [3.8, 4) is 17.2 Å². The van der Waals surface area contributed by atoms with Crippen molar-refractivity contribution in [1.82, 2.24) is 0 Å². The van der Waals surface area contributed by atoms with Crippen molar-refractivity contribution in [2.24, 2.45) is 4.99 Å². The number of methoxy groups -OCH3 is 3. The van der Waals surface area contributed by atoms with Gasteiger partial charge in [0.25, 0.3) is 0 Å². The van der Waals surface area contributed by atoms with Crippen molar-refractivity contribution in [2.75, 3.05) is 27.9 Å². The molecule has 1 aromatic rings. The lowest BCUT2D eigenvalue weighted by atomic mass is 9.98. The van der Waals surface area contributed by atoms with E-state index in [9.17, 15) is 4.79 Å². The predicted octanol–water partition coefficient (Wildman–Crippen LogP) is 2.15. The minimum Gasteiger partial charge on any atom is -0.496 e. The maximum absolute atomic E-state index is 10.2. The first-order valence-corrected chi connectivity index (χ1v) is 5.51. The van der Waals surface area contributed by atoms with Crippen molar-refractivity contribution in [1.29, 1.82) is 0 Å². The maximum atomic E-state index is 10.2. The fourth-order valence-electron chi connectivity index (χ4n) is 1.78. The molecule has 0 saturated heterocycles. The first-order chi connectivity index (χ1) is 8.67. The Morgan fingerprint density at radius 1 is 1.17 bits per heavy atom. The number of hydrogen-bond donors (Lipinski definition) is 0. The average molecular weight is 251 g/mol. The Bertz CT molecular complexity index is 427. The number of benzene rings is 1. The summed E-state index contributed by atoms with van der Waals surface area (Å²) in [5, 5.41) is 0. The van der Waals surface area contributed by atoms with Crippen LogP contribution in [0.15, 0.2) is 17.1 Å². The van der Waals surface area contributed by atoms with Gasteiger partial charge in [0.05, 0.1) is 27.9 Å². The van der Waals surface area contributed by atoms with Crippen LogP contribution >= 0.6 is 0 Å². The highest BCUT2D eigenvalue weighted by Crippen LogP contribution is 2.39. The summed E-state index contributed by atoms with van der Waals surface area (Å²) in [6, 6.07) is 3.55. The van der Waals surface area contributed by atoms with Crippen LogP contribution in [0.25, 0.3) is 0 Å². The van der Waals surface area contributed by atoms with Gasteiger partial charge in [-0.2, -0.15) is 0 Å². The van der Waals surface area contributed by atoms with Gasteiger partial charge in [-0.3, -0.25) is 0 Å². The minimum absolute atomic E-state index is 0.0118. The van der Waals surface area contributed by atoms with E-state index >= 15 is 0 Å². The van der Waals surface area contributed by atoms with E-state index in [1.54, 1.807) is 33.5 Å². The van der Waals surface area contributed by atoms with Gasteiger partial charge in [0, 0.05) is 23.6 Å². The normalized spacial score (nSPS) is 11.3. The first-order valence-electron chi connectivity index (χ1n) is 5.51. The Hall–Kier alpha value is -2.00. The highest BCUT2D eigenvalue weighted by molar-refractivity contribution is 5.52. The summed E-state index contributed by atoms with van der Waals surface area (Å²) in [4.78, 5) is 13.8. The van der Waals surface area contributed by atoms with Crippen molar-refractivity contribution >= 4 is 6.08 Å². The quantitative estimate of drug-likeness (QED) is 0.574. The Kier molecular flexibility index (Phi) is 5.21. The molecule has 0 aromatic heterocycles. The zero-order valence-corrected chi connectivity index (χ0v) is 11.0. The second-order valence-corrected chi connectivity index (χ2v) is 3.78. The first kappa shape index (κ1) is 14.1. The molecule has 5 heteroatoms. The second-order valence-electron chi connectivity index (χ2n) is 3.78. The molecule has 0 heterocycles. The van der Waals surface area contributed by atoms with Gasteiger partial charge in [-0.05, 0) is 0 Å². The number of carbonyl (C=O) groups excluding carboxylic acids is 1. The molecule has 5 nitrogen and oxygen atoms in total. The second kappa shape index (κ2) is 6.67. The monoisotopic (exact) mass is 251 g/mol. The summed E-state index contributed by atoms with van der Waals surface area (Å²) < 4.78 is 15.8. The zero-order valence-electron chi connectivity index (χ0n) is 11.0.